The summed E-state index contributed by atoms with van der Waals surface area (Å²) in [4.78, 5) is 13.9. The van der Waals surface area contributed by atoms with Gasteiger partial charge in [0.2, 0.25) is 0 Å². The highest BCUT2D eigenvalue weighted by Gasteiger charge is 2.41. The molecule has 1 saturated heterocycles. The van der Waals surface area contributed by atoms with Gasteiger partial charge in [0.1, 0.15) is 23.0 Å². The number of halogens is 2. The Bertz CT molecular complexity index is 1100. The fourth-order valence-electron chi connectivity index (χ4n) is 5.05. The van der Waals surface area contributed by atoms with E-state index in [9.17, 15) is 18.7 Å². The molecule has 1 fully saturated rings. The number of likely N-dealkylation sites (tertiary alicyclic amines) is 1. The molecule has 196 valence electrons. The van der Waals surface area contributed by atoms with Crippen molar-refractivity contribution in [2.75, 3.05) is 33.4 Å². The molecule has 1 heterocycles. The quantitative estimate of drug-likeness (QED) is 0.287. The van der Waals surface area contributed by atoms with Crippen LogP contribution in [0, 0.1) is 17.6 Å². The predicted octanol–water partition coefficient (Wildman–Crippen LogP) is 5.56. The minimum absolute atomic E-state index is 0.0732. The summed E-state index contributed by atoms with van der Waals surface area (Å²) in [6.45, 7) is 3.20. The maximum atomic E-state index is 13.6. The van der Waals surface area contributed by atoms with Crippen molar-refractivity contribution in [1.82, 2.24) is 4.90 Å². The molecule has 1 aliphatic heterocycles. The number of piperidine rings is 1. The summed E-state index contributed by atoms with van der Waals surface area (Å²) in [6.07, 6.45) is 3.42. The Hall–Kier alpha value is -3.29. The van der Waals surface area contributed by atoms with Gasteiger partial charge < -0.3 is 19.5 Å². The van der Waals surface area contributed by atoms with Crippen molar-refractivity contribution in [3.05, 3.63) is 101 Å². The summed E-state index contributed by atoms with van der Waals surface area (Å²) in [5.41, 5.74) is 0.417. The SMILES string of the molecule is COC(=O)c1ccc(OCCCCN2CCC(C(O)(c3ccc(F)cc3)c3ccc(F)cc3)CC2)cc1. The van der Waals surface area contributed by atoms with E-state index in [2.05, 4.69) is 4.90 Å². The van der Waals surface area contributed by atoms with Gasteiger partial charge in [0, 0.05) is 0 Å². The maximum absolute atomic E-state index is 13.6. The summed E-state index contributed by atoms with van der Waals surface area (Å²) >= 11 is 0. The molecule has 0 unspecified atom stereocenters. The molecule has 7 heteroatoms. The Kier molecular flexibility index (Phi) is 8.90. The second kappa shape index (κ2) is 12.3. The van der Waals surface area contributed by atoms with Crippen LogP contribution in [0.5, 0.6) is 5.75 Å². The van der Waals surface area contributed by atoms with E-state index in [0.29, 0.717) is 29.0 Å². The molecule has 3 aromatic carbocycles. The Morgan fingerprint density at radius 2 is 1.43 bits per heavy atom. The average molecular weight is 510 g/mol. The van der Waals surface area contributed by atoms with E-state index in [4.69, 9.17) is 9.47 Å². The van der Waals surface area contributed by atoms with Gasteiger partial charge in [0.15, 0.2) is 0 Å². The van der Waals surface area contributed by atoms with Gasteiger partial charge in [-0.1, -0.05) is 24.3 Å². The highest BCUT2D eigenvalue weighted by Crippen LogP contribution is 2.42. The Morgan fingerprint density at radius 3 is 1.95 bits per heavy atom. The van der Waals surface area contributed by atoms with Crippen LogP contribution in [-0.4, -0.2) is 49.3 Å². The number of methoxy groups -OCH3 is 1. The second-order valence-electron chi connectivity index (χ2n) is 9.47. The van der Waals surface area contributed by atoms with Crippen molar-refractivity contribution in [3.8, 4) is 5.75 Å². The monoisotopic (exact) mass is 509 g/mol. The van der Waals surface area contributed by atoms with Gasteiger partial charge in [0.25, 0.3) is 0 Å². The number of esters is 1. The van der Waals surface area contributed by atoms with Crippen LogP contribution in [0.2, 0.25) is 0 Å². The number of rotatable bonds is 10. The van der Waals surface area contributed by atoms with Crippen molar-refractivity contribution in [3.63, 3.8) is 0 Å². The standard InChI is InChI=1S/C30H33F2NO4/c1-36-29(34)22-4-14-28(15-5-22)37-21-3-2-18-33-19-16-25(17-20-33)30(35,23-6-10-26(31)11-7-23)24-8-12-27(32)13-9-24/h4-15,25,35H,2-3,16-21H2,1H3. The van der Waals surface area contributed by atoms with Crippen LogP contribution in [0.25, 0.3) is 0 Å². The first-order valence-corrected chi connectivity index (χ1v) is 12.7. The van der Waals surface area contributed by atoms with E-state index in [1.807, 2.05) is 0 Å². The second-order valence-corrected chi connectivity index (χ2v) is 9.47. The smallest absolute Gasteiger partial charge is 0.337 e. The van der Waals surface area contributed by atoms with Crippen LogP contribution in [0.4, 0.5) is 8.78 Å². The summed E-state index contributed by atoms with van der Waals surface area (Å²) in [5.74, 6) is -0.446. The van der Waals surface area contributed by atoms with Gasteiger partial charge in [0.05, 0.1) is 19.3 Å². The molecule has 0 aromatic heterocycles. The lowest BCUT2D eigenvalue weighted by molar-refractivity contribution is -0.0144. The summed E-state index contributed by atoms with van der Waals surface area (Å²) < 4.78 is 37.7. The molecule has 0 saturated carbocycles. The minimum Gasteiger partial charge on any atom is -0.494 e. The Balaban J connectivity index is 1.28. The van der Waals surface area contributed by atoms with Crippen molar-refractivity contribution in [1.29, 1.82) is 0 Å². The molecule has 4 rings (SSSR count). The molecule has 0 spiro atoms. The van der Waals surface area contributed by atoms with E-state index in [1.165, 1.54) is 31.4 Å². The highest BCUT2D eigenvalue weighted by molar-refractivity contribution is 5.89. The molecule has 0 atom stereocenters. The minimum atomic E-state index is -1.31. The van der Waals surface area contributed by atoms with Crippen LogP contribution < -0.4 is 4.74 Å². The van der Waals surface area contributed by atoms with Gasteiger partial charge >= 0.3 is 5.97 Å². The number of unbranched alkanes of at least 4 members (excludes halogenated alkanes) is 1. The van der Waals surface area contributed by atoms with Crippen LogP contribution >= 0.6 is 0 Å². The Morgan fingerprint density at radius 1 is 0.892 bits per heavy atom. The first-order valence-electron chi connectivity index (χ1n) is 12.7. The van der Waals surface area contributed by atoms with E-state index in [0.717, 1.165) is 45.3 Å². The van der Waals surface area contributed by atoms with Gasteiger partial charge in [-0.2, -0.15) is 0 Å². The van der Waals surface area contributed by atoms with Crippen LogP contribution in [0.3, 0.4) is 0 Å². The highest BCUT2D eigenvalue weighted by atomic mass is 19.1. The zero-order chi connectivity index (χ0) is 26.3. The summed E-state index contributed by atoms with van der Waals surface area (Å²) in [7, 11) is 1.35. The molecular weight excluding hydrogens is 476 g/mol. The molecular formula is C30H33F2NO4. The average Bonchev–Trinajstić information content (AvgIpc) is 2.93. The zero-order valence-corrected chi connectivity index (χ0v) is 21.0. The van der Waals surface area contributed by atoms with Crippen molar-refractivity contribution >= 4 is 5.97 Å². The fourth-order valence-corrected chi connectivity index (χ4v) is 5.05. The first kappa shape index (κ1) is 26.8. The third kappa shape index (κ3) is 6.53. The number of hydrogen-bond donors (Lipinski definition) is 1. The lowest BCUT2D eigenvalue weighted by atomic mass is 9.72. The third-order valence-electron chi connectivity index (χ3n) is 7.16. The zero-order valence-electron chi connectivity index (χ0n) is 21.0. The summed E-state index contributed by atoms with van der Waals surface area (Å²) in [6, 6.07) is 18.8. The number of benzene rings is 3. The number of hydrogen-bond acceptors (Lipinski definition) is 5. The number of carbonyl (C=O) groups is 1. The fraction of sp³-hybridized carbons (Fsp3) is 0.367. The van der Waals surface area contributed by atoms with Gasteiger partial charge in [-0.05, 0) is 111 Å². The predicted molar refractivity (Wildman–Crippen MR) is 137 cm³/mol. The molecule has 0 radical (unpaired) electrons. The normalized spacial score (nSPS) is 14.9. The van der Waals surface area contributed by atoms with Crippen LogP contribution in [0.1, 0.15) is 47.2 Å². The lowest BCUT2D eigenvalue weighted by Crippen LogP contribution is -2.44. The number of ether oxygens (including phenoxy) is 2. The van der Waals surface area contributed by atoms with E-state index < -0.39 is 5.60 Å². The molecule has 5 nitrogen and oxygen atoms in total. The van der Waals surface area contributed by atoms with Crippen LogP contribution in [-0.2, 0) is 10.3 Å². The third-order valence-corrected chi connectivity index (χ3v) is 7.16. The van der Waals surface area contributed by atoms with Crippen molar-refractivity contribution < 1.29 is 28.2 Å². The molecule has 0 aliphatic carbocycles. The summed E-state index contributed by atoms with van der Waals surface area (Å²) in [5, 5.41) is 12.0. The number of aliphatic hydroxyl groups is 1. The van der Waals surface area contributed by atoms with Gasteiger partial charge in [-0.3, -0.25) is 0 Å². The largest absolute Gasteiger partial charge is 0.494 e. The van der Waals surface area contributed by atoms with E-state index >= 15 is 0 Å². The van der Waals surface area contributed by atoms with Crippen LogP contribution in [0.15, 0.2) is 72.8 Å². The maximum Gasteiger partial charge on any atom is 0.337 e. The van der Waals surface area contributed by atoms with Crippen molar-refractivity contribution in [2.45, 2.75) is 31.3 Å². The van der Waals surface area contributed by atoms with E-state index in [-0.39, 0.29) is 23.5 Å². The molecule has 37 heavy (non-hydrogen) atoms. The van der Waals surface area contributed by atoms with Gasteiger partial charge in [-0.15, -0.1) is 0 Å². The molecule has 0 bridgehead atoms. The lowest BCUT2D eigenvalue weighted by Gasteiger charge is -2.42. The van der Waals surface area contributed by atoms with Gasteiger partial charge in [-0.25, -0.2) is 13.6 Å². The first-order chi connectivity index (χ1) is 17.9. The topological polar surface area (TPSA) is 59.0 Å². The Labute approximate surface area is 216 Å². The molecule has 3 aromatic rings. The molecule has 0 amide bonds. The van der Waals surface area contributed by atoms with E-state index in [1.54, 1.807) is 48.5 Å². The number of nitrogens with zero attached hydrogens (tertiary/aromatic N) is 1. The molecule has 1 aliphatic rings. The number of carbonyl (C=O) groups excluding carboxylic acids is 1. The molecule has 1 N–H and O–H groups in total. The van der Waals surface area contributed by atoms with Crippen molar-refractivity contribution in [2.24, 2.45) is 5.92 Å².